The van der Waals surface area contributed by atoms with Gasteiger partial charge in [-0.2, -0.15) is 5.26 Å². The number of amides is 1. The van der Waals surface area contributed by atoms with Crippen LogP contribution in [0.4, 0.5) is 5.69 Å². The van der Waals surface area contributed by atoms with Crippen molar-refractivity contribution < 1.29 is 18.9 Å². The van der Waals surface area contributed by atoms with E-state index in [-0.39, 0.29) is 17.0 Å². The van der Waals surface area contributed by atoms with Crippen LogP contribution in [0.2, 0.25) is 0 Å². The van der Waals surface area contributed by atoms with Gasteiger partial charge in [0.1, 0.15) is 28.9 Å². The first-order valence-corrected chi connectivity index (χ1v) is 6.30. The summed E-state index contributed by atoms with van der Waals surface area (Å²) in [5.74, 6) is 0.0109. The molecule has 0 radical (unpaired) electrons. The summed E-state index contributed by atoms with van der Waals surface area (Å²) in [4.78, 5) is 21.4. The molecule has 2 N–H and O–H groups in total. The van der Waals surface area contributed by atoms with Crippen molar-refractivity contribution in [3.8, 4) is 23.1 Å². The molecule has 1 aromatic carbocycles. The van der Waals surface area contributed by atoms with Gasteiger partial charge in [-0.25, -0.2) is 0 Å². The van der Waals surface area contributed by atoms with Crippen molar-refractivity contribution in [1.82, 2.24) is 0 Å². The van der Waals surface area contributed by atoms with Gasteiger partial charge in [0.05, 0.1) is 17.6 Å². The van der Waals surface area contributed by atoms with Crippen LogP contribution in [-0.2, 0) is 4.79 Å². The molecule has 0 spiro atoms. The molecular weight excluding hydrogens is 302 g/mol. The molecule has 8 nitrogen and oxygen atoms in total. The number of carbonyl (C=O) groups excluding carboxylic acids is 1. The molecule has 116 valence electrons. The molecular formula is C15H11N3O5. The lowest BCUT2D eigenvalue weighted by atomic mass is 10.1. The predicted octanol–water partition coefficient (Wildman–Crippen LogP) is 2.26. The van der Waals surface area contributed by atoms with Gasteiger partial charge in [-0.15, -0.1) is 0 Å². The number of nitrogens with zero attached hydrogens (tertiary/aromatic N) is 2. The number of hydrogen-bond donors (Lipinski definition) is 1. The van der Waals surface area contributed by atoms with Crippen LogP contribution in [0.5, 0.6) is 5.75 Å². The average molecular weight is 313 g/mol. The number of nitrogens with two attached hydrogens (primary N) is 1. The van der Waals surface area contributed by atoms with Crippen LogP contribution in [0.25, 0.3) is 17.4 Å². The van der Waals surface area contributed by atoms with E-state index in [1.165, 1.54) is 37.5 Å². The molecule has 2 rings (SSSR count). The van der Waals surface area contributed by atoms with Gasteiger partial charge >= 0.3 is 0 Å². The molecule has 0 saturated carbocycles. The molecule has 23 heavy (non-hydrogen) atoms. The molecule has 0 aliphatic rings. The number of furan rings is 1. The number of nitro groups is 1. The fourth-order valence-electron chi connectivity index (χ4n) is 1.88. The first kappa shape index (κ1) is 15.8. The normalized spacial score (nSPS) is 10.9. The van der Waals surface area contributed by atoms with E-state index in [1.807, 2.05) is 0 Å². The van der Waals surface area contributed by atoms with E-state index < -0.39 is 10.8 Å². The van der Waals surface area contributed by atoms with E-state index in [0.29, 0.717) is 17.1 Å². The monoisotopic (exact) mass is 313 g/mol. The maximum Gasteiger partial charge on any atom is 0.270 e. The number of ether oxygens (including phenoxy) is 1. The van der Waals surface area contributed by atoms with Crippen molar-refractivity contribution in [3.05, 3.63) is 51.8 Å². The Kier molecular flexibility index (Phi) is 4.42. The van der Waals surface area contributed by atoms with Gasteiger partial charge in [0.25, 0.3) is 11.6 Å². The Morgan fingerprint density at radius 3 is 2.74 bits per heavy atom. The lowest BCUT2D eigenvalue weighted by Gasteiger charge is -2.05. The van der Waals surface area contributed by atoms with Crippen LogP contribution in [0.3, 0.4) is 0 Å². The summed E-state index contributed by atoms with van der Waals surface area (Å²) >= 11 is 0. The van der Waals surface area contributed by atoms with Gasteiger partial charge in [-0.05, 0) is 18.2 Å². The zero-order valence-electron chi connectivity index (χ0n) is 12.0. The molecule has 2 aromatic rings. The second-order valence-electron chi connectivity index (χ2n) is 4.38. The zero-order chi connectivity index (χ0) is 17.0. The highest BCUT2D eigenvalue weighted by Crippen LogP contribution is 2.34. The van der Waals surface area contributed by atoms with E-state index in [0.717, 1.165) is 0 Å². The van der Waals surface area contributed by atoms with Crippen LogP contribution in [0, 0.1) is 21.4 Å². The number of methoxy groups -OCH3 is 1. The van der Waals surface area contributed by atoms with Gasteiger partial charge in [0, 0.05) is 18.2 Å². The van der Waals surface area contributed by atoms with Crippen LogP contribution in [-0.4, -0.2) is 17.9 Å². The van der Waals surface area contributed by atoms with Gasteiger partial charge in [-0.1, -0.05) is 0 Å². The Hall–Kier alpha value is -3.60. The zero-order valence-corrected chi connectivity index (χ0v) is 12.0. The van der Waals surface area contributed by atoms with E-state index in [9.17, 15) is 14.9 Å². The van der Waals surface area contributed by atoms with Crippen molar-refractivity contribution >= 4 is 17.7 Å². The third-order valence-corrected chi connectivity index (χ3v) is 2.96. The Balaban J connectivity index is 2.48. The third kappa shape index (κ3) is 3.36. The summed E-state index contributed by atoms with van der Waals surface area (Å²) in [7, 11) is 1.43. The fraction of sp³-hybridized carbons (Fsp3) is 0.0667. The minimum atomic E-state index is -0.877. The molecule has 0 saturated heterocycles. The predicted molar refractivity (Wildman–Crippen MR) is 80.1 cm³/mol. The van der Waals surface area contributed by atoms with Crippen molar-refractivity contribution in [2.75, 3.05) is 7.11 Å². The number of hydrogen-bond acceptors (Lipinski definition) is 6. The minimum Gasteiger partial charge on any atom is -0.496 e. The Labute approximate surface area is 130 Å². The van der Waals surface area contributed by atoms with Crippen LogP contribution < -0.4 is 10.5 Å². The van der Waals surface area contributed by atoms with Crippen molar-refractivity contribution in [2.24, 2.45) is 5.73 Å². The second-order valence-corrected chi connectivity index (χ2v) is 4.38. The number of non-ortho nitro benzene ring substituents is 1. The molecule has 1 heterocycles. The van der Waals surface area contributed by atoms with Gasteiger partial charge in [0.2, 0.25) is 0 Å². The Morgan fingerprint density at radius 1 is 1.43 bits per heavy atom. The number of benzene rings is 1. The average Bonchev–Trinajstić information content (AvgIpc) is 3.00. The molecule has 1 aromatic heterocycles. The highest BCUT2D eigenvalue weighted by Gasteiger charge is 2.16. The quantitative estimate of drug-likeness (QED) is 0.389. The van der Waals surface area contributed by atoms with Crippen molar-refractivity contribution in [3.63, 3.8) is 0 Å². The summed E-state index contributed by atoms with van der Waals surface area (Å²) in [5.41, 5.74) is 5.03. The molecule has 1 amide bonds. The van der Waals surface area contributed by atoms with E-state index in [2.05, 4.69) is 0 Å². The maximum atomic E-state index is 11.0. The van der Waals surface area contributed by atoms with E-state index in [1.54, 1.807) is 12.1 Å². The number of rotatable bonds is 5. The summed E-state index contributed by atoms with van der Waals surface area (Å²) < 4.78 is 10.7. The molecule has 0 unspecified atom stereocenters. The SMILES string of the molecule is COc1ccc([N+](=O)[O-])cc1-c1ccc(C=C(C#N)C(N)=O)o1. The number of nitriles is 1. The highest BCUT2D eigenvalue weighted by molar-refractivity contribution is 6.00. The molecule has 0 aliphatic carbocycles. The summed E-state index contributed by atoms with van der Waals surface area (Å²) in [5, 5.41) is 19.7. The second kappa shape index (κ2) is 6.44. The smallest absolute Gasteiger partial charge is 0.270 e. The summed E-state index contributed by atoms with van der Waals surface area (Å²) in [6, 6.07) is 8.79. The first-order valence-electron chi connectivity index (χ1n) is 6.30. The molecule has 0 fully saturated rings. The Morgan fingerprint density at radius 2 is 2.17 bits per heavy atom. The number of primary amides is 1. The lowest BCUT2D eigenvalue weighted by molar-refractivity contribution is -0.384. The standard InChI is InChI=1S/C15H11N3O5/c1-22-13-4-2-10(18(20)21)7-12(13)14-5-3-11(23-14)6-9(8-16)15(17)19/h2-7H,1H3,(H2,17,19). The molecule has 8 heteroatoms. The number of carbonyl (C=O) groups is 1. The van der Waals surface area contributed by atoms with Gasteiger partial charge in [-0.3, -0.25) is 14.9 Å². The third-order valence-electron chi connectivity index (χ3n) is 2.96. The summed E-state index contributed by atoms with van der Waals surface area (Å²) in [6.07, 6.45) is 1.19. The first-order chi connectivity index (χ1) is 11.0. The van der Waals surface area contributed by atoms with Crippen molar-refractivity contribution in [1.29, 1.82) is 5.26 Å². The topological polar surface area (TPSA) is 132 Å². The molecule has 0 bridgehead atoms. The van der Waals surface area contributed by atoms with Crippen LogP contribution >= 0.6 is 0 Å². The lowest BCUT2D eigenvalue weighted by Crippen LogP contribution is -2.12. The molecule has 0 atom stereocenters. The maximum absolute atomic E-state index is 11.0. The van der Waals surface area contributed by atoms with E-state index in [4.69, 9.17) is 20.1 Å². The summed E-state index contributed by atoms with van der Waals surface area (Å²) in [6.45, 7) is 0. The minimum absolute atomic E-state index is 0.121. The van der Waals surface area contributed by atoms with Gasteiger partial charge in [0.15, 0.2) is 0 Å². The van der Waals surface area contributed by atoms with Crippen LogP contribution in [0.15, 0.2) is 40.3 Å². The Bertz CT molecular complexity index is 845. The van der Waals surface area contributed by atoms with E-state index >= 15 is 0 Å². The fourth-order valence-corrected chi connectivity index (χ4v) is 1.88. The highest BCUT2D eigenvalue weighted by atomic mass is 16.6. The van der Waals surface area contributed by atoms with Crippen LogP contribution in [0.1, 0.15) is 5.76 Å². The largest absolute Gasteiger partial charge is 0.496 e. The van der Waals surface area contributed by atoms with Crippen molar-refractivity contribution in [2.45, 2.75) is 0 Å². The molecule has 0 aliphatic heterocycles. The number of nitro benzene ring substituents is 1. The van der Waals surface area contributed by atoms with Gasteiger partial charge < -0.3 is 14.9 Å².